The van der Waals surface area contributed by atoms with Crippen LogP contribution in [0.5, 0.6) is 0 Å². The Kier molecular flexibility index (Phi) is 9.90. The molecule has 1 heterocycles. The number of aliphatic hydroxyl groups excluding tert-OH is 1. The van der Waals surface area contributed by atoms with Gasteiger partial charge in [-0.25, -0.2) is 0 Å². The lowest BCUT2D eigenvalue weighted by Gasteiger charge is -2.21. The number of unbranched alkanes of at least 4 members (excludes halogenated alkanes) is 1. The van der Waals surface area contributed by atoms with Gasteiger partial charge in [0.25, 0.3) is 0 Å². The molecule has 5 nitrogen and oxygen atoms in total. The lowest BCUT2D eigenvalue weighted by molar-refractivity contribution is -0.137. The van der Waals surface area contributed by atoms with E-state index in [4.69, 9.17) is 5.11 Å². The van der Waals surface area contributed by atoms with E-state index >= 15 is 0 Å². The van der Waals surface area contributed by atoms with Gasteiger partial charge in [0.1, 0.15) is 0 Å². The average molecular weight is 410 g/mol. The summed E-state index contributed by atoms with van der Waals surface area (Å²) in [4.78, 5) is 24.5. The summed E-state index contributed by atoms with van der Waals surface area (Å²) in [5.41, 5.74) is 0.964. The minimum atomic E-state index is -0.790. The Morgan fingerprint density at radius 1 is 1.30 bits per heavy atom. The number of amides is 1. The predicted molar refractivity (Wildman–Crippen MR) is 118 cm³/mol. The van der Waals surface area contributed by atoms with Crippen LogP contribution in [0.25, 0.3) is 0 Å². The number of carboxylic acid groups (broad SMARTS) is 1. The Morgan fingerprint density at radius 3 is 2.80 bits per heavy atom. The molecule has 0 radical (unpaired) electrons. The van der Waals surface area contributed by atoms with Crippen molar-refractivity contribution in [1.29, 1.82) is 0 Å². The molecule has 160 valence electrons. The molecular weight excluding hydrogens is 378 g/mol. The summed E-state index contributed by atoms with van der Waals surface area (Å²) in [5, 5.41) is 19.1. The molecule has 1 aromatic rings. The minimum Gasteiger partial charge on any atom is -0.481 e. The maximum absolute atomic E-state index is 12.1. The molecule has 0 saturated carbocycles. The minimum absolute atomic E-state index is 0.00264. The van der Waals surface area contributed by atoms with E-state index in [0.29, 0.717) is 32.2 Å². The quantitative estimate of drug-likeness (QED) is 0.350. The van der Waals surface area contributed by atoms with Crippen LogP contribution in [0.1, 0.15) is 51.0 Å². The van der Waals surface area contributed by atoms with Crippen molar-refractivity contribution in [3.8, 4) is 11.8 Å². The van der Waals surface area contributed by atoms with Gasteiger partial charge in [-0.05, 0) is 37.3 Å². The topological polar surface area (TPSA) is 77.8 Å². The Morgan fingerprint density at radius 2 is 2.07 bits per heavy atom. The van der Waals surface area contributed by atoms with Crippen LogP contribution in [0.4, 0.5) is 0 Å². The zero-order chi connectivity index (χ0) is 21.8. The van der Waals surface area contributed by atoms with E-state index in [-0.39, 0.29) is 24.3 Å². The molecular formula is C25H31NO4. The summed E-state index contributed by atoms with van der Waals surface area (Å²) >= 11 is 0. The fourth-order valence-electron chi connectivity index (χ4n) is 3.26. The van der Waals surface area contributed by atoms with E-state index in [1.54, 1.807) is 11.0 Å². The fourth-order valence-corrected chi connectivity index (χ4v) is 3.26. The molecule has 1 amide bonds. The van der Waals surface area contributed by atoms with Crippen LogP contribution in [-0.4, -0.2) is 45.7 Å². The number of benzene rings is 1. The largest absolute Gasteiger partial charge is 0.481 e. The van der Waals surface area contributed by atoms with Crippen LogP contribution in [0.3, 0.4) is 0 Å². The van der Waals surface area contributed by atoms with E-state index in [1.165, 1.54) is 0 Å². The first-order valence-electron chi connectivity index (χ1n) is 10.5. The van der Waals surface area contributed by atoms with Gasteiger partial charge in [-0.2, -0.15) is 0 Å². The first-order valence-corrected chi connectivity index (χ1v) is 10.5. The van der Waals surface area contributed by atoms with E-state index in [1.807, 2.05) is 55.5 Å². The molecule has 1 saturated heterocycles. The number of allylic oxidation sites excluding steroid dienone is 1. The molecule has 2 N–H and O–H groups in total. The third kappa shape index (κ3) is 8.26. The summed E-state index contributed by atoms with van der Waals surface area (Å²) in [6.45, 7) is 2.47. The zero-order valence-electron chi connectivity index (χ0n) is 17.5. The van der Waals surface area contributed by atoms with E-state index in [2.05, 4.69) is 11.8 Å². The molecule has 2 rings (SSSR count). The third-order valence-electron chi connectivity index (χ3n) is 5.15. The summed E-state index contributed by atoms with van der Waals surface area (Å²) in [5.74, 6) is 5.54. The first kappa shape index (κ1) is 23.4. The van der Waals surface area contributed by atoms with E-state index in [9.17, 15) is 14.7 Å². The Bertz CT molecular complexity index is 803. The van der Waals surface area contributed by atoms with Crippen LogP contribution in [-0.2, 0) is 9.59 Å². The van der Waals surface area contributed by atoms with Crippen LogP contribution < -0.4 is 0 Å². The van der Waals surface area contributed by atoms with Crippen LogP contribution in [0.2, 0.25) is 0 Å². The number of aliphatic hydroxyl groups is 1. The van der Waals surface area contributed by atoms with Gasteiger partial charge in [0.2, 0.25) is 5.91 Å². The van der Waals surface area contributed by atoms with Crippen LogP contribution in [0.15, 0.2) is 54.6 Å². The lowest BCUT2D eigenvalue weighted by atomic mass is 9.99. The second kappa shape index (κ2) is 12.7. The van der Waals surface area contributed by atoms with E-state index in [0.717, 1.165) is 12.0 Å². The number of carbonyl (C=O) groups excluding carboxylic acids is 1. The highest BCUT2D eigenvalue weighted by Gasteiger charge is 2.28. The van der Waals surface area contributed by atoms with Crippen molar-refractivity contribution in [3.63, 3.8) is 0 Å². The number of hydrogen-bond donors (Lipinski definition) is 2. The van der Waals surface area contributed by atoms with Crippen molar-refractivity contribution < 1.29 is 19.8 Å². The number of carboxylic acids is 1. The molecule has 1 aliphatic rings. The molecule has 5 heteroatoms. The first-order chi connectivity index (χ1) is 14.5. The van der Waals surface area contributed by atoms with Crippen LogP contribution >= 0.6 is 0 Å². The standard InChI is InChI=1S/C25H31NO4/c1-20(10-9-13-21-11-5-4-6-12-21)23(27)17-15-22-16-18-24(28)26(22)19-8-3-2-7-14-25(29)30/h3-6,8,11-12,15,17,20,22-23,27H,2,7,10,14,16,18-19H2,1H3,(H,29,30)/t20-,22-,23+/m0/s1. The average Bonchev–Trinajstić information content (AvgIpc) is 3.08. The number of nitrogens with zero attached hydrogens (tertiary/aromatic N) is 1. The van der Waals surface area contributed by atoms with Gasteiger partial charge in [0.15, 0.2) is 0 Å². The molecule has 30 heavy (non-hydrogen) atoms. The van der Waals surface area contributed by atoms with Gasteiger partial charge in [0, 0.05) is 31.4 Å². The number of aliphatic carboxylic acids is 1. The highest BCUT2D eigenvalue weighted by atomic mass is 16.4. The summed E-state index contributed by atoms with van der Waals surface area (Å²) < 4.78 is 0. The SMILES string of the molecule is C[C@@H](CC#Cc1ccccc1)[C@H](O)C=C[C@H]1CCC(=O)N1CC=CCCCC(=O)O. The molecule has 0 bridgehead atoms. The van der Waals surface area contributed by atoms with Gasteiger partial charge in [-0.1, -0.05) is 61.3 Å². The van der Waals surface area contributed by atoms with Gasteiger partial charge in [-0.15, -0.1) is 0 Å². The molecule has 1 fully saturated rings. The molecule has 1 aliphatic heterocycles. The van der Waals surface area contributed by atoms with Crippen molar-refractivity contribution in [3.05, 3.63) is 60.2 Å². The number of likely N-dealkylation sites (tertiary alicyclic amines) is 1. The molecule has 0 aromatic heterocycles. The van der Waals surface area contributed by atoms with Gasteiger partial charge in [0.05, 0.1) is 12.1 Å². The smallest absolute Gasteiger partial charge is 0.303 e. The van der Waals surface area contributed by atoms with Crippen molar-refractivity contribution in [2.45, 2.75) is 57.6 Å². The highest BCUT2D eigenvalue weighted by molar-refractivity contribution is 5.79. The summed E-state index contributed by atoms with van der Waals surface area (Å²) in [6, 6.07) is 9.75. The monoisotopic (exact) mass is 409 g/mol. The maximum atomic E-state index is 12.1. The van der Waals surface area contributed by atoms with Crippen molar-refractivity contribution in [1.82, 2.24) is 4.90 Å². The second-order valence-corrected chi connectivity index (χ2v) is 7.63. The lowest BCUT2D eigenvalue weighted by Crippen LogP contribution is -2.32. The predicted octanol–water partition coefficient (Wildman–Crippen LogP) is 3.78. The second-order valence-electron chi connectivity index (χ2n) is 7.63. The molecule has 0 aliphatic carbocycles. The Balaban J connectivity index is 1.80. The molecule has 1 aromatic carbocycles. The zero-order valence-corrected chi connectivity index (χ0v) is 17.5. The molecule has 3 atom stereocenters. The van der Waals surface area contributed by atoms with Crippen LogP contribution in [0, 0.1) is 17.8 Å². The maximum Gasteiger partial charge on any atom is 0.303 e. The van der Waals surface area contributed by atoms with Gasteiger partial charge >= 0.3 is 5.97 Å². The number of hydrogen-bond acceptors (Lipinski definition) is 3. The van der Waals surface area contributed by atoms with Gasteiger partial charge < -0.3 is 15.1 Å². The van der Waals surface area contributed by atoms with Crippen molar-refractivity contribution in [2.75, 3.05) is 6.54 Å². The number of carbonyl (C=O) groups is 2. The number of rotatable bonds is 10. The fraction of sp³-hybridized carbons (Fsp3) is 0.440. The van der Waals surface area contributed by atoms with E-state index < -0.39 is 12.1 Å². The third-order valence-corrected chi connectivity index (χ3v) is 5.15. The Labute approximate surface area is 179 Å². The summed E-state index contributed by atoms with van der Waals surface area (Å²) in [6.07, 6.45) is 10.2. The Hall–Kier alpha value is -2.84. The normalized spacial score (nSPS) is 18.5. The summed E-state index contributed by atoms with van der Waals surface area (Å²) in [7, 11) is 0. The van der Waals surface area contributed by atoms with Crippen molar-refractivity contribution in [2.24, 2.45) is 5.92 Å². The molecule has 0 spiro atoms. The highest BCUT2D eigenvalue weighted by Crippen LogP contribution is 2.21. The molecule has 0 unspecified atom stereocenters. The van der Waals surface area contributed by atoms with Gasteiger partial charge in [-0.3, -0.25) is 9.59 Å². The van der Waals surface area contributed by atoms with Crippen molar-refractivity contribution >= 4 is 11.9 Å².